The zero-order valence-corrected chi connectivity index (χ0v) is 21.9. The molecular formula is C28H28N4O6S. The highest BCUT2D eigenvalue weighted by atomic mass is 32.2. The van der Waals surface area contributed by atoms with E-state index in [-0.39, 0.29) is 23.8 Å². The molecule has 202 valence electrons. The number of ether oxygens (including phenoxy) is 2. The van der Waals surface area contributed by atoms with Crippen LogP contribution in [-0.4, -0.2) is 57.4 Å². The third kappa shape index (κ3) is 7.64. The number of morpholine rings is 1. The molecule has 3 aromatic carbocycles. The maximum atomic E-state index is 12.7. The second-order valence-electron chi connectivity index (χ2n) is 8.76. The van der Waals surface area contributed by atoms with E-state index in [4.69, 9.17) is 14.7 Å². The van der Waals surface area contributed by atoms with Crippen LogP contribution < -0.4 is 15.6 Å². The Morgan fingerprint density at radius 1 is 0.872 bits per heavy atom. The third-order valence-corrected chi connectivity index (χ3v) is 8.00. The molecule has 10 nitrogen and oxygen atoms in total. The van der Waals surface area contributed by atoms with Crippen LogP contribution in [0.4, 0.5) is 0 Å². The van der Waals surface area contributed by atoms with E-state index in [0.717, 1.165) is 16.7 Å². The second kappa shape index (κ2) is 13.0. The first-order valence-electron chi connectivity index (χ1n) is 12.3. The van der Waals surface area contributed by atoms with Crippen molar-refractivity contribution < 1.29 is 27.5 Å². The summed E-state index contributed by atoms with van der Waals surface area (Å²) in [6.45, 7) is 1.13. The van der Waals surface area contributed by atoms with Gasteiger partial charge in [-0.05, 0) is 59.5 Å². The smallest absolute Gasteiger partial charge is 0.276 e. The number of rotatable bonds is 9. The van der Waals surface area contributed by atoms with Gasteiger partial charge in [0.2, 0.25) is 15.9 Å². The van der Waals surface area contributed by atoms with E-state index < -0.39 is 15.9 Å². The van der Waals surface area contributed by atoms with Crippen molar-refractivity contribution in [2.24, 2.45) is 0 Å². The van der Waals surface area contributed by atoms with Crippen molar-refractivity contribution >= 4 is 21.8 Å². The van der Waals surface area contributed by atoms with Gasteiger partial charge >= 0.3 is 0 Å². The van der Waals surface area contributed by atoms with Gasteiger partial charge < -0.3 is 9.47 Å². The molecule has 39 heavy (non-hydrogen) atoms. The first-order valence-corrected chi connectivity index (χ1v) is 13.8. The van der Waals surface area contributed by atoms with Gasteiger partial charge in [-0.1, -0.05) is 36.4 Å². The Balaban J connectivity index is 1.17. The zero-order chi connectivity index (χ0) is 27.7. The van der Waals surface area contributed by atoms with Gasteiger partial charge in [0, 0.05) is 19.5 Å². The standard InChI is InChI=1S/C28H28N4O6S/c29-19-22-1-6-23(7-2-22)24-8-10-25(11-9-24)38-20-28(34)31-30-27(33)14-5-21-3-12-26(13-4-21)39(35,36)32-15-17-37-18-16-32/h1-4,6-13H,5,14-18,20H2,(H,30,33)(H,31,34). The van der Waals surface area contributed by atoms with E-state index in [2.05, 4.69) is 16.9 Å². The maximum absolute atomic E-state index is 12.7. The SMILES string of the molecule is N#Cc1ccc(-c2ccc(OCC(=O)NNC(=O)CCc3ccc(S(=O)(=O)N4CCOCC4)cc3)cc2)cc1. The van der Waals surface area contributed by atoms with Gasteiger partial charge in [-0.25, -0.2) is 8.42 Å². The number of hydrogen-bond acceptors (Lipinski definition) is 7. The van der Waals surface area contributed by atoms with E-state index in [1.807, 2.05) is 24.3 Å². The molecular weight excluding hydrogens is 520 g/mol. The highest BCUT2D eigenvalue weighted by Gasteiger charge is 2.26. The number of benzene rings is 3. The molecule has 1 aliphatic heterocycles. The van der Waals surface area contributed by atoms with Crippen molar-refractivity contribution in [1.29, 1.82) is 5.26 Å². The van der Waals surface area contributed by atoms with Crippen LogP contribution in [0.1, 0.15) is 17.5 Å². The van der Waals surface area contributed by atoms with Crippen LogP contribution in [0, 0.1) is 11.3 Å². The van der Waals surface area contributed by atoms with Gasteiger partial charge in [0.15, 0.2) is 6.61 Å². The van der Waals surface area contributed by atoms with Crippen LogP contribution in [0.2, 0.25) is 0 Å². The van der Waals surface area contributed by atoms with Gasteiger partial charge in [0.25, 0.3) is 5.91 Å². The minimum atomic E-state index is -3.57. The number of aryl methyl sites for hydroxylation is 1. The molecule has 0 bridgehead atoms. The van der Waals surface area contributed by atoms with Crippen LogP contribution in [0.25, 0.3) is 11.1 Å². The van der Waals surface area contributed by atoms with Crippen molar-refractivity contribution in [3.63, 3.8) is 0 Å². The van der Waals surface area contributed by atoms with E-state index >= 15 is 0 Å². The Labute approximate surface area is 227 Å². The molecule has 0 radical (unpaired) electrons. The van der Waals surface area contributed by atoms with Crippen molar-refractivity contribution in [2.45, 2.75) is 17.7 Å². The normalized spacial score (nSPS) is 13.7. The summed E-state index contributed by atoms with van der Waals surface area (Å²) in [6, 6.07) is 22.9. The summed E-state index contributed by atoms with van der Waals surface area (Å²) in [4.78, 5) is 24.4. The van der Waals surface area contributed by atoms with E-state index in [9.17, 15) is 18.0 Å². The predicted molar refractivity (Wildman–Crippen MR) is 143 cm³/mol. The molecule has 1 aliphatic rings. The Morgan fingerprint density at radius 3 is 2.08 bits per heavy atom. The molecule has 0 aromatic heterocycles. The number of carbonyl (C=O) groups excluding carboxylic acids is 2. The maximum Gasteiger partial charge on any atom is 0.276 e. The Hall–Kier alpha value is -4.24. The van der Waals surface area contributed by atoms with Crippen LogP contribution in [0.15, 0.2) is 77.7 Å². The first-order chi connectivity index (χ1) is 18.8. The molecule has 2 N–H and O–H groups in total. The monoisotopic (exact) mass is 548 g/mol. The van der Waals surface area contributed by atoms with Crippen molar-refractivity contribution in [3.8, 4) is 22.9 Å². The molecule has 0 saturated carbocycles. The number of nitriles is 1. The average Bonchev–Trinajstić information content (AvgIpc) is 2.99. The lowest BCUT2D eigenvalue weighted by Gasteiger charge is -2.26. The average molecular weight is 549 g/mol. The summed E-state index contributed by atoms with van der Waals surface area (Å²) >= 11 is 0. The van der Waals surface area contributed by atoms with Gasteiger partial charge in [0.1, 0.15) is 5.75 Å². The molecule has 0 unspecified atom stereocenters. The van der Waals surface area contributed by atoms with Crippen LogP contribution in [-0.2, 0) is 30.8 Å². The number of amides is 2. The summed E-state index contributed by atoms with van der Waals surface area (Å²) in [5.41, 5.74) is 7.95. The summed E-state index contributed by atoms with van der Waals surface area (Å²) in [6.07, 6.45) is 0.481. The van der Waals surface area contributed by atoms with Crippen LogP contribution in [0.5, 0.6) is 5.75 Å². The zero-order valence-electron chi connectivity index (χ0n) is 21.1. The minimum absolute atomic E-state index is 0.105. The molecule has 1 saturated heterocycles. The van der Waals surface area contributed by atoms with Gasteiger partial charge in [-0.3, -0.25) is 20.4 Å². The Bertz CT molecular complexity index is 1430. The van der Waals surface area contributed by atoms with Gasteiger partial charge in [-0.2, -0.15) is 9.57 Å². The van der Waals surface area contributed by atoms with Crippen molar-refractivity contribution in [3.05, 3.63) is 83.9 Å². The van der Waals surface area contributed by atoms with Crippen LogP contribution >= 0.6 is 0 Å². The highest BCUT2D eigenvalue weighted by Crippen LogP contribution is 2.23. The van der Waals surface area contributed by atoms with E-state index in [1.165, 1.54) is 16.4 Å². The molecule has 2 amide bonds. The molecule has 4 rings (SSSR count). The second-order valence-corrected chi connectivity index (χ2v) is 10.7. The summed E-state index contributed by atoms with van der Waals surface area (Å²) in [5, 5.41) is 8.90. The molecule has 0 atom stereocenters. The number of sulfonamides is 1. The molecule has 1 fully saturated rings. The van der Waals surface area contributed by atoms with Gasteiger partial charge in [-0.15, -0.1) is 0 Å². The number of hydrazine groups is 1. The fraction of sp³-hybridized carbons (Fsp3) is 0.250. The quantitative estimate of drug-likeness (QED) is 0.392. The number of nitrogens with zero attached hydrogens (tertiary/aromatic N) is 2. The topological polar surface area (TPSA) is 138 Å². The first kappa shape index (κ1) is 27.8. The third-order valence-electron chi connectivity index (χ3n) is 6.08. The van der Waals surface area contributed by atoms with Crippen molar-refractivity contribution in [2.75, 3.05) is 32.9 Å². The highest BCUT2D eigenvalue weighted by molar-refractivity contribution is 7.89. The summed E-state index contributed by atoms with van der Waals surface area (Å²) < 4.78 is 37.5. The lowest BCUT2D eigenvalue weighted by Crippen LogP contribution is -2.43. The number of carbonyl (C=O) groups is 2. The van der Waals surface area contributed by atoms with E-state index in [0.29, 0.717) is 44.0 Å². The van der Waals surface area contributed by atoms with Crippen LogP contribution in [0.3, 0.4) is 0 Å². The fourth-order valence-corrected chi connectivity index (χ4v) is 5.30. The van der Waals surface area contributed by atoms with E-state index in [1.54, 1.807) is 36.4 Å². The number of nitrogens with one attached hydrogen (secondary N) is 2. The molecule has 0 spiro atoms. The van der Waals surface area contributed by atoms with Gasteiger partial charge in [0.05, 0.1) is 29.7 Å². The fourth-order valence-electron chi connectivity index (χ4n) is 3.89. The Kier molecular flexibility index (Phi) is 9.27. The molecule has 1 heterocycles. The summed E-state index contributed by atoms with van der Waals surface area (Å²) in [7, 11) is -3.57. The summed E-state index contributed by atoms with van der Waals surface area (Å²) in [5.74, 6) is -0.412. The molecule has 3 aromatic rings. The predicted octanol–water partition coefficient (Wildman–Crippen LogP) is 2.41. The Morgan fingerprint density at radius 2 is 1.46 bits per heavy atom. The molecule has 11 heteroatoms. The molecule has 0 aliphatic carbocycles. The lowest BCUT2D eigenvalue weighted by molar-refractivity contribution is -0.130. The van der Waals surface area contributed by atoms with Crippen molar-refractivity contribution in [1.82, 2.24) is 15.2 Å². The minimum Gasteiger partial charge on any atom is -0.484 e. The number of hydrogen-bond donors (Lipinski definition) is 2. The largest absolute Gasteiger partial charge is 0.484 e. The lowest BCUT2D eigenvalue weighted by atomic mass is 10.0.